The number of amides is 2. The zero-order chi connectivity index (χ0) is 16.7. The van der Waals surface area contributed by atoms with Crippen LogP contribution in [0.3, 0.4) is 0 Å². The summed E-state index contributed by atoms with van der Waals surface area (Å²) in [6.45, 7) is 6.35. The van der Waals surface area contributed by atoms with E-state index in [0.717, 1.165) is 71.6 Å². The van der Waals surface area contributed by atoms with Gasteiger partial charge in [-0.05, 0) is 37.8 Å². The number of nitrogens with zero attached hydrogens (tertiary/aromatic N) is 1. The van der Waals surface area contributed by atoms with Gasteiger partial charge in [0.05, 0.1) is 13.2 Å². The third kappa shape index (κ3) is 4.95. The van der Waals surface area contributed by atoms with Gasteiger partial charge in [0, 0.05) is 31.6 Å². The molecule has 1 saturated heterocycles. The van der Waals surface area contributed by atoms with Crippen LogP contribution in [0.2, 0.25) is 0 Å². The zero-order valence-electron chi connectivity index (χ0n) is 14.4. The number of hydrogen-bond donors (Lipinski definition) is 2. The lowest BCUT2D eigenvalue weighted by Gasteiger charge is -2.26. The van der Waals surface area contributed by atoms with Gasteiger partial charge in [0.25, 0.3) is 0 Å². The summed E-state index contributed by atoms with van der Waals surface area (Å²) in [6, 6.07) is 10.5. The highest BCUT2D eigenvalue weighted by Crippen LogP contribution is 2.47. The molecule has 1 aromatic carbocycles. The van der Waals surface area contributed by atoms with E-state index in [0.29, 0.717) is 0 Å². The van der Waals surface area contributed by atoms with Crippen LogP contribution in [-0.4, -0.2) is 56.9 Å². The number of urea groups is 1. The highest BCUT2D eigenvalue weighted by Gasteiger charge is 2.44. The van der Waals surface area contributed by atoms with Crippen molar-refractivity contribution >= 4 is 6.03 Å². The fourth-order valence-corrected chi connectivity index (χ4v) is 3.31. The van der Waals surface area contributed by atoms with Gasteiger partial charge >= 0.3 is 6.03 Å². The molecule has 2 aliphatic rings. The van der Waals surface area contributed by atoms with Crippen molar-refractivity contribution in [2.24, 2.45) is 0 Å². The van der Waals surface area contributed by atoms with Gasteiger partial charge in [-0.3, -0.25) is 4.90 Å². The SMILES string of the molecule is O=C(NCCCCN1CCOCC1)NCC1(c2ccccc2)CC1. The third-order valence-corrected chi connectivity index (χ3v) is 5.12. The van der Waals surface area contributed by atoms with E-state index in [1.165, 1.54) is 5.56 Å². The number of benzene rings is 1. The number of ether oxygens (including phenoxy) is 1. The van der Waals surface area contributed by atoms with Gasteiger partial charge in [-0.25, -0.2) is 4.79 Å². The van der Waals surface area contributed by atoms with E-state index in [1.54, 1.807) is 0 Å². The molecule has 2 fully saturated rings. The molecule has 3 rings (SSSR count). The highest BCUT2D eigenvalue weighted by atomic mass is 16.5. The van der Waals surface area contributed by atoms with E-state index >= 15 is 0 Å². The molecule has 1 saturated carbocycles. The minimum absolute atomic E-state index is 0.0384. The third-order valence-electron chi connectivity index (χ3n) is 5.12. The summed E-state index contributed by atoms with van der Waals surface area (Å²) in [5.74, 6) is 0. The van der Waals surface area contributed by atoms with Gasteiger partial charge in [0.1, 0.15) is 0 Å². The topological polar surface area (TPSA) is 53.6 Å². The van der Waals surface area contributed by atoms with Crippen LogP contribution in [0.4, 0.5) is 4.79 Å². The minimum atomic E-state index is -0.0384. The van der Waals surface area contributed by atoms with Crippen LogP contribution in [0.15, 0.2) is 30.3 Å². The Morgan fingerprint density at radius 2 is 1.83 bits per heavy atom. The molecule has 0 radical (unpaired) electrons. The van der Waals surface area contributed by atoms with Crippen molar-refractivity contribution in [1.82, 2.24) is 15.5 Å². The Bertz CT molecular complexity index is 511. The molecule has 24 heavy (non-hydrogen) atoms. The van der Waals surface area contributed by atoms with Gasteiger partial charge in [0.2, 0.25) is 0 Å². The van der Waals surface area contributed by atoms with E-state index in [-0.39, 0.29) is 11.4 Å². The van der Waals surface area contributed by atoms with E-state index in [2.05, 4.69) is 39.8 Å². The first kappa shape index (κ1) is 17.2. The fraction of sp³-hybridized carbons (Fsp3) is 0.632. The van der Waals surface area contributed by atoms with Crippen molar-refractivity contribution in [3.63, 3.8) is 0 Å². The molecule has 2 amide bonds. The molecule has 2 N–H and O–H groups in total. The number of nitrogens with one attached hydrogen (secondary N) is 2. The largest absolute Gasteiger partial charge is 0.379 e. The Balaban J connectivity index is 1.26. The molecule has 0 unspecified atom stereocenters. The van der Waals surface area contributed by atoms with Crippen molar-refractivity contribution in [3.8, 4) is 0 Å². The summed E-state index contributed by atoms with van der Waals surface area (Å²) in [5, 5.41) is 6.03. The summed E-state index contributed by atoms with van der Waals surface area (Å²) >= 11 is 0. The Labute approximate surface area is 144 Å². The molecule has 1 aliphatic heterocycles. The molecule has 5 heteroatoms. The standard InChI is InChI=1S/C19H29N3O2/c23-18(20-10-4-5-11-22-12-14-24-15-13-22)21-16-19(8-9-19)17-6-2-1-3-7-17/h1-3,6-7H,4-5,8-16H2,(H2,20,21,23). The summed E-state index contributed by atoms with van der Waals surface area (Å²) in [6.07, 6.45) is 4.47. The van der Waals surface area contributed by atoms with Gasteiger partial charge < -0.3 is 15.4 Å². The van der Waals surface area contributed by atoms with E-state index < -0.39 is 0 Å². The average molecular weight is 331 g/mol. The molecule has 0 atom stereocenters. The van der Waals surface area contributed by atoms with Gasteiger partial charge in [-0.2, -0.15) is 0 Å². The first-order chi connectivity index (χ1) is 11.8. The Hall–Kier alpha value is -1.59. The van der Waals surface area contributed by atoms with Crippen molar-refractivity contribution in [2.75, 3.05) is 45.9 Å². The summed E-state index contributed by atoms with van der Waals surface area (Å²) in [4.78, 5) is 14.4. The first-order valence-electron chi connectivity index (χ1n) is 9.16. The molecule has 5 nitrogen and oxygen atoms in total. The van der Waals surface area contributed by atoms with Crippen LogP contribution in [0, 0.1) is 0 Å². The van der Waals surface area contributed by atoms with Gasteiger partial charge in [-0.15, -0.1) is 0 Å². The number of carbonyl (C=O) groups excluding carboxylic acids is 1. The Morgan fingerprint density at radius 1 is 1.08 bits per heavy atom. The number of carbonyl (C=O) groups is 1. The summed E-state index contributed by atoms with van der Waals surface area (Å²) in [5.41, 5.74) is 1.52. The molecule has 1 aliphatic carbocycles. The Kier molecular flexibility index (Phi) is 6.10. The maximum Gasteiger partial charge on any atom is 0.314 e. The predicted octanol–water partition coefficient (Wildman–Crippen LogP) is 2.13. The van der Waals surface area contributed by atoms with Crippen molar-refractivity contribution < 1.29 is 9.53 Å². The van der Waals surface area contributed by atoms with Gasteiger partial charge in [0.15, 0.2) is 0 Å². The van der Waals surface area contributed by atoms with Crippen LogP contribution in [0.5, 0.6) is 0 Å². The second-order valence-corrected chi connectivity index (χ2v) is 6.92. The molecular formula is C19H29N3O2. The van der Waals surface area contributed by atoms with Crippen molar-refractivity contribution in [2.45, 2.75) is 31.1 Å². The normalized spacial score (nSPS) is 19.7. The molecule has 0 aromatic heterocycles. The lowest BCUT2D eigenvalue weighted by atomic mass is 9.96. The molecule has 132 valence electrons. The predicted molar refractivity (Wildman–Crippen MR) is 95.2 cm³/mol. The number of unbranched alkanes of at least 4 members (excludes halogenated alkanes) is 1. The average Bonchev–Trinajstić information content (AvgIpc) is 3.43. The number of hydrogen-bond acceptors (Lipinski definition) is 3. The maximum atomic E-state index is 12.0. The molecule has 1 heterocycles. The van der Waals surface area contributed by atoms with Crippen molar-refractivity contribution in [3.05, 3.63) is 35.9 Å². The van der Waals surface area contributed by atoms with Crippen LogP contribution in [0.25, 0.3) is 0 Å². The lowest BCUT2D eigenvalue weighted by molar-refractivity contribution is 0.0372. The van der Waals surface area contributed by atoms with Crippen LogP contribution >= 0.6 is 0 Å². The van der Waals surface area contributed by atoms with Gasteiger partial charge in [-0.1, -0.05) is 30.3 Å². The molecule has 1 aromatic rings. The zero-order valence-corrected chi connectivity index (χ0v) is 14.4. The molecular weight excluding hydrogens is 302 g/mol. The smallest absolute Gasteiger partial charge is 0.314 e. The van der Waals surface area contributed by atoms with E-state index in [1.807, 2.05) is 6.07 Å². The number of rotatable bonds is 8. The van der Waals surface area contributed by atoms with E-state index in [4.69, 9.17) is 4.74 Å². The molecule has 0 spiro atoms. The minimum Gasteiger partial charge on any atom is -0.379 e. The monoisotopic (exact) mass is 331 g/mol. The second-order valence-electron chi connectivity index (χ2n) is 6.92. The quantitative estimate of drug-likeness (QED) is 0.718. The number of morpholine rings is 1. The lowest BCUT2D eigenvalue weighted by Crippen LogP contribution is -2.40. The van der Waals surface area contributed by atoms with Crippen molar-refractivity contribution in [1.29, 1.82) is 0 Å². The highest BCUT2D eigenvalue weighted by molar-refractivity contribution is 5.74. The Morgan fingerprint density at radius 3 is 2.54 bits per heavy atom. The first-order valence-corrected chi connectivity index (χ1v) is 9.16. The fourth-order valence-electron chi connectivity index (χ4n) is 3.31. The van der Waals surface area contributed by atoms with E-state index in [9.17, 15) is 4.79 Å². The second kappa shape index (κ2) is 8.49. The summed E-state index contributed by atoms with van der Waals surface area (Å²) in [7, 11) is 0. The summed E-state index contributed by atoms with van der Waals surface area (Å²) < 4.78 is 5.34. The van der Waals surface area contributed by atoms with Crippen LogP contribution < -0.4 is 10.6 Å². The molecule has 0 bridgehead atoms. The van der Waals surface area contributed by atoms with Crippen LogP contribution in [-0.2, 0) is 10.2 Å². The van der Waals surface area contributed by atoms with Crippen LogP contribution in [0.1, 0.15) is 31.2 Å². The maximum absolute atomic E-state index is 12.0.